The van der Waals surface area contributed by atoms with Crippen LogP contribution in [0.4, 0.5) is 16.2 Å². The maximum Gasteiger partial charge on any atom is 0.321 e. The number of fused-ring (bicyclic) bond motifs is 2. The molecule has 2 heterocycles. The molecule has 3 N–H and O–H groups in total. The Balaban J connectivity index is 1.37. The van der Waals surface area contributed by atoms with Gasteiger partial charge in [0.2, 0.25) is 11.8 Å². The van der Waals surface area contributed by atoms with Gasteiger partial charge in [-0.15, -0.1) is 5.10 Å². The van der Waals surface area contributed by atoms with Gasteiger partial charge in [-0.05, 0) is 47.0 Å². The van der Waals surface area contributed by atoms with Crippen LogP contribution in [0, 0.1) is 5.92 Å². The lowest BCUT2D eigenvalue weighted by molar-refractivity contribution is -0.134. The number of carbonyl (C=O) groups is 3. The fourth-order valence-electron chi connectivity index (χ4n) is 5.22. The number of benzene rings is 3. The SMILES string of the molecule is C[C@@H]1CN([C@@H](C)CO)C(=O)Cc2cc(NC(=O)Cn3cnnn3)ccc2O[C@@H]1CN(C)C(=O)Nc1cccc2ccccc12. The van der Waals surface area contributed by atoms with Crippen molar-refractivity contribution < 1.29 is 24.2 Å². The smallest absolute Gasteiger partial charge is 0.321 e. The van der Waals surface area contributed by atoms with E-state index < -0.39 is 12.1 Å². The Hall–Kier alpha value is -5.04. The number of amides is 4. The zero-order valence-electron chi connectivity index (χ0n) is 24.9. The average molecular weight is 601 g/mol. The predicted molar refractivity (Wildman–Crippen MR) is 164 cm³/mol. The van der Waals surface area contributed by atoms with Crippen LogP contribution in [0.25, 0.3) is 10.8 Å². The first-order chi connectivity index (χ1) is 21.2. The summed E-state index contributed by atoms with van der Waals surface area (Å²) in [5, 5.41) is 28.5. The van der Waals surface area contributed by atoms with Crippen LogP contribution in [0.5, 0.6) is 5.75 Å². The molecule has 5 rings (SSSR count). The van der Waals surface area contributed by atoms with Crippen molar-refractivity contribution in [1.82, 2.24) is 30.0 Å². The third-order valence-corrected chi connectivity index (χ3v) is 7.73. The molecule has 230 valence electrons. The number of aliphatic hydroxyl groups is 1. The Morgan fingerprint density at radius 3 is 2.70 bits per heavy atom. The maximum absolute atomic E-state index is 13.5. The molecule has 0 spiro atoms. The molecule has 0 aliphatic carbocycles. The van der Waals surface area contributed by atoms with E-state index in [1.807, 2.05) is 49.4 Å². The molecule has 0 bridgehead atoms. The van der Waals surface area contributed by atoms with Gasteiger partial charge in [-0.2, -0.15) is 0 Å². The summed E-state index contributed by atoms with van der Waals surface area (Å²) in [6, 6.07) is 18.0. The van der Waals surface area contributed by atoms with Crippen LogP contribution in [0.3, 0.4) is 0 Å². The van der Waals surface area contributed by atoms with Gasteiger partial charge < -0.3 is 30.3 Å². The van der Waals surface area contributed by atoms with Crippen LogP contribution in [-0.2, 0) is 22.6 Å². The second-order valence-electron chi connectivity index (χ2n) is 11.1. The van der Waals surface area contributed by atoms with Crippen molar-refractivity contribution >= 4 is 40.0 Å². The van der Waals surface area contributed by atoms with Crippen LogP contribution >= 0.6 is 0 Å². The highest BCUT2D eigenvalue weighted by Gasteiger charge is 2.32. The lowest BCUT2D eigenvalue weighted by Gasteiger charge is -2.34. The number of urea groups is 1. The fraction of sp³-hybridized carbons (Fsp3) is 0.355. The highest BCUT2D eigenvalue weighted by molar-refractivity contribution is 6.01. The highest BCUT2D eigenvalue weighted by atomic mass is 16.5. The van der Waals surface area contributed by atoms with Crippen molar-refractivity contribution in [2.75, 3.05) is 37.4 Å². The summed E-state index contributed by atoms with van der Waals surface area (Å²) in [5.74, 6) is -0.228. The summed E-state index contributed by atoms with van der Waals surface area (Å²) in [7, 11) is 1.70. The summed E-state index contributed by atoms with van der Waals surface area (Å²) < 4.78 is 7.82. The van der Waals surface area contributed by atoms with E-state index in [4.69, 9.17) is 4.74 Å². The molecule has 0 fully saturated rings. The molecule has 13 heteroatoms. The zero-order chi connectivity index (χ0) is 31.2. The summed E-state index contributed by atoms with van der Waals surface area (Å²) >= 11 is 0. The van der Waals surface area contributed by atoms with Crippen molar-refractivity contribution in [2.24, 2.45) is 5.92 Å². The van der Waals surface area contributed by atoms with Crippen LogP contribution in [0.1, 0.15) is 19.4 Å². The van der Waals surface area contributed by atoms with Gasteiger partial charge in [-0.3, -0.25) is 9.59 Å². The first-order valence-electron chi connectivity index (χ1n) is 14.4. The molecule has 4 aromatic rings. The summed E-state index contributed by atoms with van der Waals surface area (Å²) in [4.78, 5) is 42.6. The Bertz CT molecular complexity index is 1620. The third kappa shape index (κ3) is 7.11. The first kappa shape index (κ1) is 30.4. The van der Waals surface area contributed by atoms with Crippen LogP contribution in [-0.4, -0.2) is 91.8 Å². The minimum absolute atomic E-state index is 0.00717. The molecule has 1 aromatic heterocycles. The molecule has 1 aliphatic rings. The van der Waals surface area contributed by atoms with Gasteiger partial charge in [0.25, 0.3) is 0 Å². The molecule has 0 radical (unpaired) electrons. The van der Waals surface area contributed by atoms with Gasteiger partial charge in [0.15, 0.2) is 0 Å². The van der Waals surface area contributed by atoms with E-state index in [1.165, 1.54) is 11.0 Å². The van der Waals surface area contributed by atoms with Gasteiger partial charge in [0, 0.05) is 36.1 Å². The lowest BCUT2D eigenvalue weighted by Crippen LogP contribution is -2.48. The van der Waals surface area contributed by atoms with Crippen molar-refractivity contribution in [3.8, 4) is 5.75 Å². The number of aliphatic hydroxyl groups excluding tert-OH is 1. The Morgan fingerprint density at radius 2 is 1.93 bits per heavy atom. The number of ether oxygens (including phenoxy) is 1. The molecule has 13 nitrogen and oxygen atoms in total. The van der Waals surface area contributed by atoms with E-state index in [9.17, 15) is 19.5 Å². The molecule has 3 atom stereocenters. The fourth-order valence-corrected chi connectivity index (χ4v) is 5.22. The number of tetrazole rings is 1. The molecule has 3 aromatic carbocycles. The number of hydrogen-bond acceptors (Lipinski definition) is 8. The van der Waals surface area contributed by atoms with Crippen molar-refractivity contribution in [1.29, 1.82) is 0 Å². The highest BCUT2D eigenvalue weighted by Crippen LogP contribution is 2.30. The number of nitrogens with zero attached hydrogens (tertiary/aromatic N) is 6. The van der Waals surface area contributed by atoms with Crippen LogP contribution < -0.4 is 15.4 Å². The van der Waals surface area contributed by atoms with E-state index in [1.54, 1.807) is 42.0 Å². The van der Waals surface area contributed by atoms with Crippen molar-refractivity contribution in [3.05, 3.63) is 72.6 Å². The lowest BCUT2D eigenvalue weighted by atomic mass is 10.0. The molecule has 0 saturated carbocycles. The normalized spacial score (nSPS) is 17.5. The molecular weight excluding hydrogens is 564 g/mol. The number of likely N-dealkylation sites (N-methyl/N-ethyl adjacent to an activating group) is 1. The maximum atomic E-state index is 13.5. The quantitative estimate of drug-likeness (QED) is 0.279. The monoisotopic (exact) mass is 600 g/mol. The first-order valence-corrected chi connectivity index (χ1v) is 14.4. The zero-order valence-corrected chi connectivity index (χ0v) is 24.9. The number of rotatable bonds is 8. The number of aromatic nitrogens is 4. The molecule has 4 amide bonds. The topological polar surface area (TPSA) is 155 Å². The standard InChI is InChI=1S/C31H36N8O5/c1-20-15-39(21(2)18-40)30(42)14-23-13-24(33-29(41)17-38-19-32-35-36-38)11-12-27(23)44-28(20)16-37(3)31(43)34-26-10-6-8-22-7-4-5-9-25(22)26/h4-13,19-21,28,40H,14-18H2,1-3H3,(H,33,41)(H,34,43)/t20-,21+,28-/m1/s1. The van der Waals surface area contributed by atoms with Gasteiger partial charge in [-0.1, -0.05) is 43.3 Å². The van der Waals surface area contributed by atoms with Gasteiger partial charge in [0.1, 0.15) is 24.7 Å². The average Bonchev–Trinajstić information content (AvgIpc) is 3.53. The Morgan fingerprint density at radius 1 is 1.14 bits per heavy atom. The summed E-state index contributed by atoms with van der Waals surface area (Å²) in [6.07, 6.45) is 0.859. The minimum atomic E-state index is -0.489. The van der Waals surface area contributed by atoms with E-state index in [2.05, 4.69) is 26.2 Å². The largest absolute Gasteiger partial charge is 0.488 e. The third-order valence-electron chi connectivity index (χ3n) is 7.73. The molecule has 1 aliphatic heterocycles. The predicted octanol–water partition coefficient (Wildman–Crippen LogP) is 2.78. The Labute approximate surface area is 254 Å². The van der Waals surface area contributed by atoms with Gasteiger partial charge in [-0.25, -0.2) is 9.48 Å². The number of carbonyl (C=O) groups excluding carboxylic acids is 3. The summed E-state index contributed by atoms with van der Waals surface area (Å²) in [5.41, 5.74) is 1.76. The second-order valence-corrected chi connectivity index (χ2v) is 11.1. The van der Waals surface area contributed by atoms with E-state index in [0.29, 0.717) is 29.2 Å². The van der Waals surface area contributed by atoms with Crippen LogP contribution in [0.2, 0.25) is 0 Å². The van der Waals surface area contributed by atoms with Gasteiger partial charge in [0.05, 0.1) is 31.3 Å². The van der Waals surface area contributed by atoms with Gasteiger partial charge >= 0.3 is 6.03 Å². The van der Waals surface area contributed by atoms with Crippen molar-refractivity contribution in [2.45, 2.75) is 39.0 Å². The Kier molecular flexibility index (Phi) is 9.34. The molecule has 44 heavy (non-hydrogen) atoms. The molecule has 0 saturated heterocycles. The number of hydrogen-bond donors (Lipinski definition) is 3. The summed E-state index contributed by atoms with van der Waals surface area (Å²) in [6.45, 7) is 4.04. The second kappa shape index (κ2) is 13.5. The van der Waals surface area contributed by atoms with Crippen LogP contribution in [0.15, 0.2) is 67.0 Å². The van der Waals surface area contributed by atoms with E-state index >= 15 is 0 Å². The number of nitrogens with one attached hydrogen (secondary N) is 2. The van der Waals surface area contributed by atoms with Crippen molar-refractivity contribution in [3.63, 3.8) is 0 Å². The van der Waals surface area contributed by atoms with E-state index in [-0.39, 0.29) is 49.9 Å². The number of anilines is 2. The van der Waals surface area contributed by atoms with E-state index in [0.717, 1.165) is 10.8 Å². The molecular formula is C31H36N8O5. The molecule has 0 unspecified atom stereocenters. The minimum Gasteiger partial charge on any atom is -0.488 e.